The zero-order valence-electron chi connectivity index (χ0n) is 27.1. The van der Waals surface area contributed by atoms with Crippen molar-refractivity contribution >= 4 is 76.3 Å². The molecule has 0 atom stereocenters. The second kappa shape index (κ2) is 23.4. The molecular weight excluding hydrogens is 689 g/mol. The maximum Gasteiger partial charge on any atom is 0.147 e. The average molecular weight is 735 g/mol. The van der Waals surface area contributed by atoms with Crippen LogP contribution in [0.25, 0.3) is 0 Å². The van der Waals surface area contributed by atoms with Crippen LogP contribution in [0, 0.1) is 0 Å². The molecule has 0 spiro atoms. The van der Waals surface area contributed by atoms with Gasteiger partial charge in [0.2, 0.25) is 0 Å². The Bertz CT molecular complexity index is 1210. The van der Waals surface area contributed by atoms with Crippen LogP contribution in [-0.2, 0) is 26.2 Å². The van der Waals surface area contributed by atoms with Gasteiger partial charge in [-0.3, -0.25) is 0 Å². The summed E-state index contributed by atoms with van der Waals surface area (Å²) in [4.78, 5) is 4.65. The molecule has 0 unspecified atom stereocenters. The van der Waals surface area contributed by atoms with Gasteiger partial charge in [-0.2, -0.15) is 0 Å². The molecule has 0 aliphatic carbocycles. The molecule has 0 heterocycles. The van der Waals surface area contributed by atoms with Gasteiger partial charge in [0.15, 0.2) is 0 Å². The lowest BCUT2D eigenvalue weighted by Crippen LogP contribution is -2.26. The third-order valence-electron chi connectivity index (χ3n) is 7.60. The van der Waals surface area contributed by atoms with Gasteiger partial charge in [-0.05, 0) is 56.7 Å². The zero-order chi connectivity index (χ0) is 32.8. The average Bonchev–Trinajstić information content (AvgIpc) is 3.11. The molecule has 4 aromatic rings. The minimum atomic E-state index is 0.840. The van der Waals surface area contributed by atoms with E-state index in [0.29, 0.717) is 0 Å². The SMILES string of the molecule is S=C(SSCCCCCCCCCSSC(=S)N(Cc1ccccc1)Cc1ccccc1)N(Cc1ccccc1)Cc1ccccc1. The van der Waals surface area contributed by atoms with Gasteiger partial charge in [-0.1, -0.05) is 199 Å². The lowest BCUT2D eigenvalue weighted by molar-refractivity contribution is 0.421. The number of hydrogen-bond acceptors (Lipinski definition) is 6. The van der Waals surface area contributed by atoms with Gasteiger partial charge >= 0.3 is 0 Å². The number of benzene rings is 4. The highest BCUT2D eigenvalue weighted by Gasteiger charge is 2.14. The van der Waals surface area contributed by atoms with Crippen LogP contribution in [0.5, 0.6) is 0 Å². The number of hydrogen-bond donors (Lipinski definition) is 0. The van der Waals surface area contributed by atoms with Gasteiger partial charge in [0.1, 0.15) is 8.64 Å². The van der Waals surface area contributed by atoms with Crippen LogP contribution in [0.1, 0.15) is 67.2 Å². The first-order valence-corrected chi connectivity index (χ1v) is 22.0. The van der Waals surface area contributed by atoms with Crippen molar-refractivity contribution in [2.75, 3.05) is 11.5 Å². The van der Waals surface area contributed by atoms with Crippen molar-refractivity contribution < 1.29 is 0 Å². The molecule has 0 fully saturated rings. The maximum absolute atomic E-state index is 5.89. The van der Waals surface area contributed by atoms with E-state index in [1.54, 1.807) is 21.6 Å². The maximum atomic E-state index is 5.89. The molecule has 0 aliphatic rings. The van der Waals surface area contributed by atoms with E-state index in [2.05, 4.69) is 131 Å². The highest BCUT2D eigenvalue weighted by atomic mass is 33.1. The molecule has 0 saturated carbocycles. The Morgan fingerprint density at radius 2 is 0.638 bits per heavy atom. The Morgan fingerprint density at radius 1 is 0.383 bits per heavy atom. The molecule has 0 saturated heterocycles. The highest BCUT2D eigenvalue weighted by Crippen LogP contribution is 2.30. The van der Waals surface area contributed by atoms with Crippen molar-refractivity contribution in [2.24, 2.45) is 0 Å². The quantitative estimate of drug-likeness (QED) is 0.0497. The Labute approximate surface area is 310 Å². The Kier molecular flexibility index (Phi) is 18.9. The van der Waals surface area contributed by atoms with Gasteiger partial charge in [0, 0.05) is 37.7 Å². The van der Waals surface area contributed by atoms with Crippen LogP contribution in [0.4, 0.5) is 0 Å². The Balaban J connectivity index is 1.03. The molecule has 0 bridgehead atoms. The molecule has 0 aromatic heterocycles. The lowest BCUT2D eigenvalue weighted by Gasteiger charge is -2.25. The lowest BCUT2D eigenvalue weighted by atomic mass is 10.1. The third-order valence-corrected chi connectivity index (χ3v) is 13.8. The van der Waals surface area contributed by atoms with Gasteiger partial charge in [-0.25, -0.2) is 0 Å². The largest absolute Gasteiger partial charge is 0.348 e. The molecule has 4 aromatic carbocycles. The van der Waals surface area contributed by atoms with E-state index < -0.39 is 0 Å². The molecule has 4 rings (SSSR count). The summed E-state index contributed by atoms with van der Waals surface area (Å²) in [6.07, 6.45) is 9.09. The summed E-state index contributed by atoms with van der Waals surface area (Å²) in [6, 6.07) is 42.5. The fourth-order valence-corrected chi connectivity index (χ4v) is 10.1. The van der Waals surface area contributed by atoms with E-state index in [0.717, 1.165) is 46.3 Å². The van der Waals surface area contributed by atoms with Crippen molar-refractivity contribution in [2.45, 2.75) is 71.1 Å². The van der Waals surface area contributed by atoms with E-state index in [1.165, 1.54) is 67.2 Å². The molecule has 8 heteroatoms. The standard InChI is InChI=1S/C39H46N2S6/c42-38(40(30-34-20-10-6-11-21-34)31-35-22-12-7-13-23-35)46-44-28-18-4-2-1-3-5-19-29-45-47-39(43)41(32-36-24-14-8-15-25-36)33-37-26-16-9-17-27-37/h6-17,20-27H,1-5,18-19,28-33H2. The third kappa shape index (κ3) is 15.9. The summed E-state index contributed by atoms with van der Waals surface area (Å²) in [6.45, 7) is 3.36. The fraction of sp³-hybridized carbons (Fsp3) is 0.333. The number of rotatable bonds is 20. The van der Waals surface area contributed by atoms with Crippen molar-refractivity contribution in [3.8, 4) is 0 Å². The number of nitrogens with zero attached hydrogens (tertiary/aromatic N) is 2. The van der Waals surface area contributed by atoms with Crippen LogP contribution in [0.15, 0.2) is 121 Å². The normalized spacial score (nSPS) is 10.9. The fourth-order valence-electron chi connectivity index (χ4n) is 5.08. The van der Waals surface area contributed by atoms with Crippen molar-refractivity contribution in [3.05, 3.63) is 144 Å². The van der Waals surface area contributed by atoms with Crippen LogP contribution >= 0.6 is 67.6 Å². The number of unbranched alkanes of at least 4 members (excludes halogenated alkanes) is 6. The van der Waals surface area contributed by atoms with Gasteiger partial charge in [0.05, 0.1) is 0 Å². The first-order chi connectivity index (χ1) is 23.2. The minimum Gasteiger partial charge on any atom is -0.348 e. The topological polar surface area (TPSA) is 6.48 Å². The number of thiocarbonyl (C=S) groups is 2. The molecule has 0 radical (unpaired) electrons. The first kappa shape index (κ1) is 37.9. The predicted molar refractivity (Wildman–Crippen MR) is 222 cm³/mol. The van der Waals surface area contributed by atoms with E-state index in [-0.39, 0.29) is 0 Å². The minimum absolute atomic E-state index is 0.840. The molecular formula is C39H46N2S6. The Hall–Kier alpha value is -1.94. The van der Waals surface area contributed by atoms with E-state index in [4.69, 9.17) is 24.4 Å². The summed E-state index contributed by atoms with van der Waals surface area (Å²) in [5.74, 6) is 2.29. The second-order valence-electron chi connectivity index (χ2n) is 11.5. The zero-order valence-corrected chi connectivity index (χ0v) is 32.0. The van der Waals surface area contributed by atoms with E-state index >= 15 is 0 Å². The molecule has 47 heavy (non-hydrogen) atoms. The summed E-state index contributed by atoms with van der Waals surface area (Å²) < 4.78 is 1.94. The molecule has 248 valence electrons. The van der Waals surface area contributed by atoms with Crippen molar-refractivity contribution in [1.29, 1.82) is 0 Å². The van der Waals surface area contributed by atoms with Crippen LogP contribution in [0.3, 0.4) is 0 Å². The van der Waals surface area contributed by atoms with Gasteiger partial charge in [0.25, 0.3) is 0 Å². The van der Waals surface area contributed by atoms with Crippen molar-refractivity contribution in [3.63, 3.8) is 0 Å². The summed E-state index contributed by atoms with van der Waals surface area (Å²) in [7, 11) is 7.34. The Morgan fingerprint density at radius 3 is 0.915 bits per heavy atom. The first-order valence-electron chi connectivity index (χ1n) is 16.5. The predicted octanol–water partition coefficient (Wildman–Crippen LogP) is 12.5. The molecule has 0 aliphatic heterocycles. The summed E-state index contributed by atoms with van der Waals surface area (Å²) in [5, 5.41) is 0. The smallest absolute Gasteiger partial charge is 0.147 e. The van der Waals surface area contributed by atoms with E-state index in [1.807, 2.05) is 21.6 Å². The summed E-state index contributed by atoms with van der Waals surface area (Å²) in [5.41, 5.74) is 5.17. The highest BCUT2D eigenvalue weighted by molar-refractivity contribution is 8.84. The monoisotopic (exact) mass is 734 g/mol. The van der Waals surface area contributed by atoms with Crippen molar-refractivity contribution in [1.82, 2.24) is 9.80 Å². The van der Waals surface area contributed by atoms with Crippen LogP contribution < -0.4 is 0 Å². The van der Waals surface area contributed by atoms with Crippen LogP contribution in [0.2, 0.25) is 0 Å². The second-order valence-corrected chi connectivity index (χ2v) is 17.6. The summed E-state index contributed by atoms with van der Waals surface area (Å²) >= 11 is 11.8. The molecule has 0 amide bonds. The van der Waals surface area contributed by atoms with E-state index in [9.17, 15) is 0 Å². The van der Waals surface area contributed by atoms with Gasteiger partial charge < -0.3 is 9.80 Å². The molecule has 0 N–H and O–H groups in total. The molecule has 2 nitrogen and oxygen atoms in total. The van der Waals surface area contributed by atoms with Gasteiger partial charge in [-0.15, -0.1) is 0 Å². The van der Waals surface area contributed by atoms with Crippen LogP contribution in [-0.4, -0.2) is 29.9 Å².